The van der Waals surface area contributed by atoms with Crippen LogP contribution in [0.4, 0.5) is 0 Å². The number of hydrogen-bond donors (Lipinski definition) is 1. The minimum atomic E-state index is -0.585. The van der Waals surface area contributed by atoms with E-state index in [-0.39, 0.29) is 19.1 Å². The highest BCUT2D eigenvalue weighted by Crippen LogP contribution is 2.28. The Bertz CT molecular complexity index is 592. The zero-order chi connectivity index (χ0) is 19.6. The van der Waals surface area contributed by atoms with E-state index < -0.39 is 6.10 Å². The molecule has 0 spiro atoms. The third kappa shape index (κ3) is 7.34. The molecule has 2 rings (SSSR count). The lowest BCUT2D eigenvalue weighted by Crippen LogP contribution is -2.42. The molecule has 0 saturated carbocycles. The Hall–Kier alpha value is -1.87. The molecule has 1 N–H and O–H groups in total. The molecule has 8 heteroatoms. The van der Waals surface area contributed by atoms with Gasteiger partial charge in [0.05, 0.1) is 34.0 Å². The number of aliphatic hydroxyl groups excluding tert-OH is 1. The largest absolute Gasteiger partial charge is 0.493 e. The van der Waals surface area contributed by atoms with Gasteiger partial charge in [0.25, 0.3) is 0 Å². The number of aliphatic hydroxyl groups is 1. The Balaban J connectivity index is 1.86. The van der Waals surface area contributed by atoms with Crippen LogP contribution in [0.2, 0.25) is 0 Å². The fourth-order valence-corrected chi connectivity index (χ4v) is 2.90. The number of rotatable bonds is 10. The van der Waals surface area contributed by atoms with Crippen LogP contribution in [0.15, 0.2) is 18.2 Å². The number of ether oxygens (including phenoxy) is 4. The van der Waals surface area contributed by atoms with E-state index in [9.17, 15) is 9.90 Å². The Morgan fingerprint density at radius 3 is 2.70 bits per heavy atom. The van der Waals surface area contributed by atoms with Gasteiger partial charge >= 0.3 is 5.97 Å². The van der Waals surface area contributed by atoms with E-state index in [0.717, 1.165) is 18.7 Å². The van der Waals surface area contributed by atoms with E-state index in [1.165, 1.54) is 7.11 Å². The lowest BCUT2D eigenvalue weighted by Gasteiger charge is -2.28. The SMILES string of the molecule is COC(=O)CN(C)Cc1ccc(OCC(O)CN2CCOCC2)c(OC)c1. The molecule has 1 aromatic rings. The number of carbonyl (C=O) groups excluding carboxylic acids is 1. The zero-order valence-corrected chi connectivity index (χ0v) is 16.3. The molecule has 1 saturated heterocycles. The minimum Gasteiger partial charge on any atom is -0.493 e. The number of likely N-dealkylation sites (N-methyl/N-ethyl adjacent to an activating group) is 1. The molecule has 8 nitrogen and oxygen atoms in total. The van der Waals surface area contributed by atoms with Crippen LogP contribution >= 0.6 is 0 Å². The summed E-state index contributed by atoms with van der Waals surface area (Å²) < 4.78 is 21.1. The zero-order valence-electron chi connectivity index (χ0n) is 16.3. The second kappa shape index (κ2) is 11.1. The predicted octanol–water partition coefficient (Wildman–Crippen LogP) is 0.372. The van der Waals surface area contributed by atoms with Crippen LogP contribution in [0.1, 0.15) is 5.56 Å². The molecule has 1 fully saturated rings. The number of morpholine rings is 1. The van der Waals surface area contributed by atoms with Crippen molar-refractivity contribution in [2.75, 3.05) is 67.3 Å². The monoisotopic (exact) mass is 382 g/mol. The van der Waals surface area contributed by atoms with Crippen molar-refractivity contribution in [2.45, 2.75) is 12.6 Å². The van der Waals surface area contributed by atoms with Crippen LogP contribution in [0.5, 0.6) is 11.5 Å². The van der Waals surface area contributed by atoms with E-state index in [1.807, 2.05) is 30.1 Å². The Morgan fingerprint density at radius 2 is 2.04 bits per heavy atom. The number of β-amino-alcohol motifs (C(OH)–C–C–N with tert-alkyl or cyclic N) is 1. The van der Waals surface area contributed by atoms with Crippen molar-refractivity contribution in [1.82, 2.24) is 9.80 Å². The first kappa shape index (κ1) is 21.4. The predicted molar refractivity (Wildman–Crippen MR) is 100 cm³/mol. The topological polar surface area (TPSA) is 80.7 Å². The summed E-state index contributed by atoms with van der Waals surface area (Å²) in [5, 5.41) is 10.2. The van der Waals surface area contributed by atoms with Gasteiger partial charge in [0.15, 0.2) is 11.5 Å². The van der Waals surface area contributed by atoms with Crippen molar-refractivity contribution in [3.05, 3.63) is 23.8 Å². The quantitative estimate of drug-likeness (QED) is 0.582. The molecule has 0 aliphatic carbocycles. The molecule has 27 heavy (non-hydrogen) atoms. The Kier molecular flexibility index (Phi) is 8.80. The van der Waals surface area contributed by atoms with Gasteiger partial charge in [-0.3, -0.25) is 14.6 Å². The normalized spacial score (nSPS) is 16.2. The lowest BCUT2D eigenvalue weighted by atomic mass is 10.2. The Morgan fingerprint density at radius 1 is 1.30 bits per heavy atom. The lowest BCUT2D eigenvalue weighted by molar-refractivity contribution is -0.141. The molecule has 1 atom stereocenters. The van der Waals surface area contributed by atoms with Gasteiger partial charge in [-0.15, -0.1) is 0 Å². The summed E-state index contributed by atoms with van der Waals surface area (Å²) in [7, 11) is 4.79. The average molecular weight is 382 g/mol. The molecule has 1 aromatic carbocycles. The van der Waals surface area contributed by atoms with Crippen LogP contribution in [0, 0.1) is 0 Å². The number of hydrogen-bond acceptors (Lipinski definition) is 8. The molecule has 0 aromatic heterocycles. The van der Waals surface area contributed by atoms with Gasteiger partial charge < -0.3 is 24.1 Å². The standard InChI is InChI=1S/C19H30N2O6/c1-20(13-19(23)25-3)11-15-4-5-17(18(10-15)24-2)27-14-16(22)12-21-6-8-26-9-7-21/h4-5,10,16,22H,6-9,11-14H2,1-3H3. The molecular weight excluding hydrogens is 352 g/mol. The van der Waals surface area contributed by atoms with E-state index in [4.69, 9.17) is 14.2 Å². The van der Waals surface area contributed by atoms with Crippen molar-refractivity contribution in [3.63, 3.8) is 0 Å². The summed E-state index contributed by atoms with van der Waals surface area (Å²) in [6.45, 7) is 4.59. The van der Waals surface area contributed by atoms with Gasteiger partial charge in [-0.05, 0) is 24.7 Å². The van der Waals surface area contributed by atoms with Crippen molar-refractivity contribution in [2.24, 2.45) is 0 Å². The highest BCUT2D eigenvalue weighted by atomic mass is 16.5. The molecular formula is C19H30N2O6. The second-order valence-corrected chi connectivity index (χ2v) is 6.61. The highest BCUT2D eigenvalue weighted by molar-refractivity contribution is 5.71. The minimum absolute atomic E-state index is 0.190. The maximum Gasteiger partial charge on any atom is 0.319 e. The maximum atomic E-state index is 11.3. The van der Waals surface area contributed by atoms with Crippen molar-refractivity contribution < 1.29 is 28.8 Å². The van der Waals surface area contributed by atoms with E-state index in [2.05, 4.69) is 9.64 Å². The third-order valence-electron chi connectivity index (χ3n) is 4.31. The third-order valence-corrected chi connectivity index (χ3v) is 4.31. The first-order chi connectivity index (χ1) is 13.0. The first-order valence-corrected chi connectivity index (χ1v) is 9.05. The van der Waals surface area contributed by atoms with Crippen LogP contribution in [-0.4, -0.2) is 94.2 Å². The molecule has 0 radical (unpaired) electrons. The van der Waals surface area contributed by atoms with Crippen LogP contribution in [-0.2, 0) is 20.8 Å². The number of carbonyl (C=O) groups is 1. The van der Waals surface area contributed by atoms with Crippen molar-refractivity contribution in [3.8, 4) is 11.5 Å². The van der Waals surface area contributed by atoms with Crippen LogP contribution in [0.3, 0.4) is 0 Å². The van der Waals surface area contributed by atoms with E-state index >= 15 is 0 Å². The Labute approximate surface area is 160 Å². The van der Waals surface area contributed by atoms with Gasteiger partial charge in [0.1, 0.15) is 12.7 Å². The summed E-state index contributed by atoms with van der Waals surface area (Å²) >= 11 is 0. The smallest absolute Gasteiger partial charge is 0.319 e. The number of benzene rings is 1. The molecule has 152 valence electrons. The van der Waals surface area contributed by atoms with E-state index in [0.29, 0.717) is 37.8 Å². The molecule has 1 heterocycles. The van der Waals surface area contributed by atoms with Gasteiger partial charge in [0.2, 0.25) is 0 Å². The van der Waals surface area contributed by atoms with Gasteiger partial charge in [-0.1, -0.05) is 6.07 Å². The average Bonchev–Trinajstić information content (AvgIpc) is 2.67. The summed E-state index contributed by atoms with van der Waals surface area (Å²) in [5.41, 5.74) is 0.986. The van der Waals surface area contributed by atoms with E-state index in [1.54, 1.807) is 7.11 Å². The molecule has 1 aliphatic heterocycles. The first-order valence-electron chi connectivity index (χ1n) is 9.05. The number of methoxy groups -OCH3 is 2. The van der Waals surface area contributed by atoms with Crippen LogP contribution < -0.4 is 9.47 Å². The molecule has 0 amide bonds. The summed E-state index contributed by atoms with van der Waals surface area (Å²) in [6.07, 6.45) is -0.585. The number of nitrogens with zero attached hydrogens (tertiary/aromatic N) is 2. The fraction of sp³-hybridized carbons (Fsp3) is 0.632. The molecule has 0 bridgehead atoms. The molecule has 1 unspecified atom stereocenters. The van der Waals surface area contributed by atoms with Gasteiger partial charge in [-0.25, -0.2) is 0 Å². The van der Waals surface area contributed by atoms with Crippen molar-refractivity contribution in [1.29, 1.82) is 0 Å². The summed E-state index contributed by atoms with van der Waals surface area (Å²) in [5.74, 6) is 0.897. The van der Waals surface area contributed by atoms with Crippen molar-refractivity contribution >= 4 is 5.97 Å². The summed E-state index contributed by atoms with van der Waals surface area (Å²) in [6, 6.07) is 5.61. The van der Waals surface area contributed by atoms with Gasteiger partial charge in [0, 0.05) is 26.2 Å². The second-order valence-electron chi connectivity index (χ2n) is 6.61. The maximum absolute atomic E-state index is 11.3. The number of esters is 1. The molecule has 1 aliphatic rings. The van der Waals surface area contributed by atoms with Gasteiger partial charge in [-0.2, -0.15) is 0 Å². The van der Waals surface area contributed by atoms with Crippen LogP contribution in [0.25, 0.3) is 0 Å². The summed E-state index contributed by atoms with van der Waals surface area (Å²) in [4.78, 5) is 15.4. The fourth-order valence-electron chi connectivity index (χ4n) is 2.90. The highest BCUT2D eigenvalue weighted by Gasteiger charge is 2.16.